The third kappa shape index (κ3) is 3.74. The number of amides is 1. The fourth-order valence-corrected chi connectivity index (χ4v) is 1.57. The molecule has 1 fully saturated rings. The van der Waals surface area contributed by atoms with E-state index in [1.807, 2.05) is 6.92 Å². The predicted octanol–water partition coefficient (Wildman–Crippen LogP) is -0.111. The van der Waals surface area contributed by atoms with E-state index in [0.717, 1.165) is 19.4 Å². The summed E-state index contributed by atoms with van der Waals surface area (Å²) in [7, 11) is 1.77. The van der Waals surface area contributed by atoms with Crippen LogP contribution >= 0.6 is 0 Å². The fourth-order valence-electron chi connectivity index (χ4n) is 1.57. The molecule has 4 nitrogen and oxygen atoms in total. The van der Waals surface area contributed by atoms with Gasteiger partial charge in [-0.05, 0) is 26.8 Å². The van der Waals surface area contributed by atoms with Crippen molar-refractivity contribution in [3.05, 3.63) is 0 Å². The lowest BCUT2D eigenvalue weighted by molar-refractivity contribution is -0.121. The zero-order chi connectivity index (χ0) is 9.68. The van der Waals surface area contributed by atoms with Crippen molar-refractivity contribution in [3.8, 4) is 0 Å². The molecule has 1 heterocycles. The van der Waals surface area contributed by atoms with E-state index in [-0.39, 0.29) is 12.0 Å². The Balaban J connectivity index is 2.23. The van der Waals surface area contributed by atoms with Crippen LogP contribution in [0.4, 0.5) is 0 Å². The molecule has 0 aliphatic carbocycles. The van der Waals surface area contributed by atoms with Crippen LogP contribution < -0.4 is 10.6 Å². The third-order valence-electron chi connectivity index (χ3n) is 2.19. The molecule has 1 aliphatic rings. The van der Waals surface area contributed by atoms with Crippen molar-refractivity contribution in [2.45, 2.75) is 31.9 Å². The highest BCUT2D eigenvalue weighted by atomic mass is 16.5. The first-order valence-electron chi connectivity index (χ1n) is 4.78. The average molecular weight is 186 g/mol. The lowest BCUT2D eigenvalue weighted by Gasteiger charge is -2.27. The summed E-state index contributed by atoms with van der Waals surface area (Å²) in [5.41, 5.74) is 0. The summed E-state index contributed by atoms with van der Waals surface area (Å²) < 4.78 is 5.38. The molecule has 0 bridgehead atoms. The number of nitrogens with one attached hydrogen (secondary N) is 2. The van der Waals surface area contributed by atoms with Gasteiger partial charge in [0.05, 0.1) is 12.6 Å². The number of hydrogen-bond acceptors (Lipinski definition) is 3. The highest BCUT2D eigenvalue weighted by molar-refractivity contribution is 5.78. The molecular formula is C9H18N2O2. The molecule has 0 spiro atoms. The maximum atomic E-state index is 11.2. The van der Waals surface area contributed by atoms with Gasteiger partial charge in [-0.15, -0.1) is 0 Å². The standard InChI is InChI=1S/C9H18N2O2/c1-7-5-8(3-4-13-7)11-9(12)6-10-2/h7-8,10H,3-6H2,1-2H3,(H,11,12). The molecule has 0 aromatic carbocycles. The van der Waals surface area contributed by atoms with E-state index in [1.54, 1.807) is 7.05 Å². The Morgan fingerprint density at radius 2 is 2.38 bits per heavy atom. The Labute approximate surface area is 79.0 Å². The number of likely N-dealkylation sites (N-methyl/N-ethyl adjacent to an activating group) is 1. The molecule has 2 N–H and O–H groups in total. The zero-order valence-corrected chi connectivity index (χ0v) is 8.30. The largest absolute Gasteiger partial charge is 0.378 e. The summed E-state index contributed by atoms with van der Waals surface area (Å²) in [5, 5.41) is 5.79. The van der Waals surface area contributed by atoms with Crippen LogP contribution in [0.25, 0.3) is 0 Å². The highest BCUT2D eigenvalue weighted by Gasteiger charge is 2.20. The molecule has 1 saturated heterocycles. The Hall–Kier alpha value is -0.610. The summed E-state index contributed by atoms with van der Waals surface area (Å²) in [6.07, 6.45) is 2.13. The molecule has 1 amide bonds. The van der Waals surface area contributed by atoms with Crippen molar-refractivity contribution in [2.24, 2.45) is 0 Å². The molecule has 0 aromatic rings. The summed E-state index contributed by atoms with van der Waals surface area (Å²) in [6, 6.07) is 0.296. The van der Waals surface area contributed by atoms with Crippen molar-refractivity contribution < 1.29 is 9.53 Å². The van der Waals surface area contributed by atoms with E-state index in [2.05, 4.69) is 10.6 Å². The minimum atomic E-state index is 0.0709. The van der Waals surface area contributed by atoms with Crippen molar-refractivity contribution >= 4 is 5.91 Å². The summed E-state index contributed by atoms with van der Waals surface area (Å²) in [6.45, 7) is 3.19. The smallest absolute Gasteiger partial charge is 0.234 e. The lowest BCUT2D eigenvalue weighted by atomic mass is 10.0. The second-order valence-electron chi connectivity index (χ2n) is 3.50. The van der Waals surface area contributed by atoms with Crippen LogP contribution in [0.15, 0.2) is 0 Å². The Kier molecular flexibility index (Phi) is 4.18. The van der Waals surface area contributed by atoms with E-state index < -0.39 is 0 Å². The molecule has 2 unspecified atom stereocenters. The molecule has 2 atom stereocenters. The number of rotatable bonds is 3. The first-order chi connectivity index (χ1) is 6.22. The van der Waals surface area contributed by atoms with Gasteiger partial charge in [0.2, 0.25) is 5.91 Å². The van der Waals surface area contributed by atoms with Gasteiger partial charge in [0, 0.05) is 12.6 Å². The first-order valence-corrected chi connectivity index (χ1v) is 4.78. The molecule has 13 heavy (non-hydrogen) atoms. The lowest BCUT2D eigenvalue weighted by Crippen LogP contribution is -2.44. The highest BCUT2D eigenvalue weighted by Crippen LogP contribution is 2.12. The Bertz CT molecular complexity index is 173. The van der Waals surface area contributed by atoms with Crippen LogP contribution in [0.2, 0.25) is 0 Å². The third-order valence-corrected chi connectivity index (χ3v) is 2.19. The van der Waals surface area contributed by atoms with Gasteiger partial charge in [0.25, 0.3) is 0 Å². The van der Waals surface area contributed by atoms with Gasteiger partial charge in [0.15, 0.2) is 0 Å². The van der Waals surface area contributed by atoms with Gasteiger partial charge in [0.1, 0.15) is 0 Å². The van der Waals surface area contributed by atoms with E-state index in [0.29, 0.717) is 12.6 Å². The minimum Gasteiger partial charge on any atom is -0.378 e. The second-order valence-corrected chi connectivity index (χ2v) is 3.50. The maximum absolute atomic E-state index is 11.2. The molecule has 0 aromatic heterocycles. The van der Waals surface area contributed by atoms with Crippen LogP contribution in [-0.4, -0.2) is 38.3 Å². The molecule has 0 saturated carbocycles. The molecular weight excluding hydrogens is 168 g/mol. The second kappa shape index (κ2) is 5.19. The van der Waals surface area contributed by atoms with Crippen molar-refractivity contribution in [1.29, 1.82) is 0 Å². The van der Waals surface area contributed by atoms with E-state index in [9.17, 15) is 4.79 Å². The maximum Gasteiger partial charge on any atom is 0.234 e. The van der Waals surface area contributed by atoms with Gasteiger partial charge in [-0.1, -0.05) is 0 Å². The number of ether oxygens (including phenoxy) is 1. The Morgan fingerprint density at radius 1 is 1.62 bits per heavy atom. The van der Waals surface area contributed by atoms with Crippen molar-refractivity contribution in [3.63, 3.8) is 0 Å². The first kappa shape index (κ1) is 10.5. The summed E-state index contributed by atoms with van der Waals surface area (Å²) in [5.74, 6) is 0.0709. The van der Waals surface area contributed by atoms with Crippen LogP contribution in [-0.2, 0) is 9.53 Å². The number of carbonyl (C=O) groups is 1. The van der Waals surface area contributed by atoms with Crippen LogP contribution in [0.5, 0.6) is 0 Å². The monoisotopic (exact) mass is 186 g/mol. The summed E-state index contributed by atoms with van der Waals surface area (Å²) in [4.78, 5) is 11.2. The molecule has 4 heteroatoms. The summed E-state index contributed by atoms with van der Waals surface area (Å²) >= 11 is 0. The van der Waals surface area contributed by atoms with Crippen LogP contribution in [0, 0.1) is 0 Å². The normalized spacial score (nSPS) is 28.5. The van der Waals surface area contributed by atoms with Gasteiger partial charge in [-0.2, -0.15) is 0 Å². The predicted molar refractivity (Wildman–Crippen MR) is 50.5 cm³/mol. The number of carbonyl (C=O) groups excluding carboxylic acids is 1. The van der Waals surface area contributed by atoms with E-state index >= 15 is 0 Å². The average Bonchev–Trinajstić information content (AvgIpc) is 2.04. The Morgan fingerprint density at radius 3 is 3.00 bits per heavy atom. The molecule has 0 radical (unpaired) electrons. The molecule has 76 valence electrons. The van der Waals surface area contributed by atoms with Crippen molar-refractivity contribution in [2.75, 3.05) is 20.2 Å². The van der Waals surface area contributed by atoms with Gasteiger partial charge < -0.3 is 15.4 Å². The van der Waals surface area contributed by atoms with Crippen LogP contribution in [0.1, 0.15) is 19.8 Å². The van der Waals surface area contributed by atoms with E-state index in [1.165, 1.54) is 0 Å². The molecule has 1 rings (SSSR count). The SMILES string of the molecule is CNCC(=O)NC1CCOC(C)C1. The fraction of sp³-hybridized carbons (Fsp3) is 0.889. The quantitative estimate of drug-likeness (QED) is 0.646. The van der Waals surface area contributed by atoms with Gasteiger partial charge >= 0.3 is 0 Å². The zero-order valence-electron chi connectivity index (χ0n) is 8.30. The van der Waals surface area contributed by atoms with Gasteiger partial charge in [-0.3, -0.25) is 4.79 Å². The van der Waals surface area contributed by atoms with Crippen molar-refractivity contribution in [1.82, 2.24) is 10.6 Å². The van der Waals surface area contributed by atoms with Crippen LogP contribution in [0.3, 0.4) is 0 Å². The topological polar surface area (TPSA) is 50.4 Å². The minimum absolute atomic E-state index is 0.0709. The molecule has 1 aliphatic heterocycles. The van der Waals surface area contributed by atoms with Gasteiger partial charge in [-0.25, -0.2) is 0 Å². The van der Waals surface area contributed by atoms with E-state index in [4.69, 9.17) is 4.74 Å². The number of hydrogen-bond donors (Lipinski definition) is 2.